The number of nitrogens with one attached hydrogen (secondary N) is 1. The summed E-state index contributed by atoms with van der Waals surface area (Å²) in [5, 5.41) is 23.1. The molecule has 7 heteroatoms. The van der Waals surface area contributed by atoms with Crippen LogP contribution in [-0.4, -0.2) is 10.8 Å². The Morgan fingerprint density at radius 3 is 2.50 bits per heavy atom. The second kappa shape index (κ2) is 8.45. The van der Waals surface area contributed by atoms with E-state index in [1.54, 1.807) is 31.2 Å². The quantitative estimate of drug-likeness (QED) is 0.269. The van der Waals surface area contributed by atoms with E-state index in [2.05, 4.69) is 5.32 Å². The number of aryl methyl sites for hydroxylation is 3. The van der Waals surface area contributed by atoms with Gasteiger partial charge in [0.2, 0.25) is 0 Å². The lowest BCUT2D eigenvalue weighted by molar-refractivity contribution is -0.384. The molecule has 3 aromatic rings. The van der Waals surface area contributed by atoms with Crippen molar-refractivity contribution in [3.63, 3.8) is 0 Å². The molecule has 0 radical (unpaired) electrons. The standard InChI is InChI=1S/C23H19N3O4/c1-14-4-8-21(16(3)10-14)25-23(27)17(13-24)12-19-6-9-22(30-19)20-7-5-18(26(28)29)11-15(20)2/h4-12H,1-3H3,(H,25,27)/b17-12+. The van der Waals surface area contributed by atoms with E-state index in [0.717, 1.165) is 11.1 Å². The zero-order chi connectivity index (χ0) is 21.8. The summed E-state index contributed by atoms with van der Waals surface area (Å²) in [6.07, 6.45) is 1.36. The summed E-state index contributed by atoms with van der Waals surface area (Å²) in [7, 11) is 0. The number of anilines is 1. The average Bonchev–Trinajstić information content (AvgIpc) is 3.16. The van der Waals surface area contributed by atoms with Gasteiger partial charge in [-0.25, -0.2) is 0 Å². The zero-order valence-corrected chi connectivity index (χ0v) is 16.7. The van der Waals surface area contributed by atoms with E-state index in [-0.39, 0.29) is 11.3 Å². The maximum Gasteiger partial charge on any atom is 0.269 e. The summed E-state index contributed by atoms with van der Waals surface area (Å²) in [6.45, 7) is 5.59. The molecule has 2 aromatic carbocycles. The summed E-state index contributed by atoms with van der Waals surface area (Å²) in [5.74, 6) is 0.282. The van der Waals surface area contributed by atoms with E-state index in [4.69, 9.17) is 4.42 Å². The number of hydrogen-bond acceptors (Lipinski definition) is 5. The van der Waals surface area contributed by atoms with E-state index in [1.165, 1.54) is 18.2 Å². The SMILES string of the molecule is Cc1ccc(NC(=O)/C(C#N)=C/c2ccc(-c3ccc([N+](=O)[O-])cc3C)o2)c(C)c1. The van der Waals surface area contributed by atoms with Gasteiger partial charge >= 0.3 is 0 Å². The molecule has 150 valence electrons. The maximum absolute atomic E-state index is 12.5. The maximum atomic E-state index is 12.5. The molecule has 1 aromatic heterocycles. The first kappa shape index (κ1) is 20.6. The Morgan fingerprint density at radius 1 is 1.10 bits per heavy atom. The van der Waals surface area contributed by atoms with Gasteiger partial charge in [-0.3, -0.25) is 14.9 Å². The van der Waals surface area contributed by atoms with Crippen molar-refractivity contribution in [3.05, 3.63) is 86.7 Å². The lowest BCUT2D eigenvalue weighted by Crippen LogP contribution is -2.14. The van der Waals surface area contributed by atoms with Crippen LogP contribution < -0.4 is 5.32 Å². The number of carbonyl (C=O) groups is 1. The van der Waals surface area contributed by atoms with E-state index in [1.807, 2.05) is 32.0 Å². The van der Waals surface area contributed by atoms with Crippen molar-refractivity contribution in [2.45, 2.75) is 20.8 Å². The van der Waals surface area contributed by atoms with Gasteiger partial charge in [0.05, 0.1) is 4.92 Å². The molecule has 1 N–H and O–H groups in total. The van der Waals surface area contributed by atoms with E-state index in [0.29, 0.717) is 28.3 Å². The number of carbonyl (C=O) groups excluding carboxylic acids is 1. The van der Waals surface area contributed by atoms with Gasteiger partial charge in [0.15, 0.2) is 0 Å². The fourth-order valence-electron chi connectivity index (χ4n) is 3.05. The molecule has 0 saturated heterocycles. The average molecular weight is 401 g/mol. The smallest absolute Gasteiger partial charge is 0.269 e. The Hall–Kier alpha value is -4.18. The molecule has 0 unspecified atom stereocenters. The summed E-state index contributed by atoms with van der Waals surface area (Å²) in [4.78, 5) is 23.0. The number of non-ortho nitro benzene ring substituents is 1. The van der Waals surface area contributed by atoms with E-state index >= 15 is 0 Å². The van der Waals surface area contributed by atoms with Gasteiger partial charge in [0, 0.05) is 29.5 Å². The fourth-order valence-corrected chi connectivity index (χ4v) is 3.05. The van der Waals surface area contributed by atoms with Crippen LogP contribution in [0.4, 0.5) is 11.4 Å². The van der Waals surface area contributed by atoms with Gasteiger partial charge in [-0.2, -0.15) is 5.26 Å². The van der Waals surface area contributed by atoms with Crippen LogP contribution in [0.1, 0.15) is 22.5 Å². The predicted octanol–water partition coefficient (Wildman–Crippen LogP) is 5.33. The highest BCUT2D eigenvalue weighted by Gasteiger charge is 2.14. The minimum Gasteiger partial charge on any atom is -0.457 e. The fraction of sp³-hybridized carbons (Fsp3) is 0.130. The van der Waals surface area contributed by atoms with Crippen LogP contribution in [0.3, 0.4) is 0 Å². The first-order valence-corrected chi connectivity index (χ1v) is 9.14. The van der Waals surface area contributed by atoms with Crippen molar-refractivity contribution < 1.29 is 14.1 Å². The summed E-state index contributed by atoms with van der Waals surface area (Å²) < 4.78 is 5.75. The molecule has 30 heavy (non-hydrogen) atoms. The Labute approximate surface area is 173 Å². The van der Waals surface area contributed by atoms with Gasteiger partial charge < -0.3 is 9.73 Å². The molecule has 1 heterocycles. The number of nitro benzene ring substituents is 1. The Balaban J connectivity index is 1.84. The molecular weight excluding hydrogens is 382 g/mol. The van der Waals surface area contributed by atoms with Crippen molar-refractivity contribution >= 4 is 23.4 Å². The second-order valence-corrected chi connectivity index (χ2v) is 6.90. The Bertz CT molecular complexity index is 1220. The van der Waals surface area contributed by atoms with Crippen molar-refractivity contribution in [2.24, 2.45) is 0 Å². The normalized spacial score (nSPS) is 11.1. The number of amides is 1. The molecule has 0 saturated carbocycles. The number of hydrogen-bond donors (Lipinski definition) is 1. The van der Waals surface area contributed by atoms with Crippen LogP contribution in [0.15, 0.2) is 58.5 Å². The minimum absolute atomic E-state index is 0.00207. The molecule has 0 aliphatic heterocycles. The van der Waals surface area contributed by atoms with Crippen LogP contribution >= 0.6 is 0 Å². The van der Waals surface area contributed by atoms with Crippen molar-refractivity contribution in [1.29, 1.82) is 5.26 Å². The third-order valence-corrected chi connectivity index (χ3v) is 4.59. The third kappa shape index (κ3) is 4.45. The first-order valence-electron chi connectivity index (χ1n) is 9.14. The minimum atomic E-state index is -0.533. The largest absolute Gasteiger partial charge is 0.457 e. The van der Waals surface area contributed by atoms with E-state index < -0.39 is 10.8 Å². The molecule has 0 spiro atoms. The van der Waals surface area contributed by atoms with Crippen molar-refractivity contribution in [1.82, 2.24) is 0 Å². The topological polar surface area (TPSA) is 109 Å². The van der Waals surface area contributed by atoms with Crippen molar-refractivity contribution in [3.8, 4) is 17.4 Å². The number of nitrogens with zero attached hydrogens (tertiary/aromatic N) is 2. The van der Waals surface area contributed by atoms with Crippen LogP contribution in [0.25, 0.3) is 17.4 Å². The highest BCUT2D eigenvalue weighted by Crippen LogP contribution is 2.29. The van der Waals surface area contributed by atoms with E-state index in [9.17, 15) is 20.2 Å². The number of nitro groups is 1. The third-order valence-electron chi connectivity index (χ3n) is 4.59. The zero-order valence-electron chi connectivity index (χ0n) is 16.7. The summed E-state index contributed by atoms with van der Waals surface area (Å²) >= 11 is 0. The van der Waals surface area contributed by atoms with Crippen LogP contribution in [0, 0.1) is 42.2 Å². The van der Waals surface area contributed by atoms with Crippen LogP contribution in [-0.2, 0) is 4.79 Å². The lowest BCUT2D eigenvalue weighted by atomic mass is 10.1. The van der Waals surface area contributed by atoms with Gasteiger partial charge in [-0.15, -0.1) is 0 Å². The highest BCUT2D eigenvalue weighted by atomic mass is 16.6. The molecule has 0 bridgehead atoms. The lowest BCUT2D eigenvalue weighted by Gasteiger charge is -2.08. The molecule has 0 aliphatic rings. The molecule has 3 rings (SSSR count). The molecule has 0 atom stereocenters. The second-order valence-electron chi connectivity index (χ2n) is 6.90. The number of furan rings is 1. The molecule has 0 fully saturated rings. The number of rotatable bonds is 5. The van der Waals surface area contributed by atoms with Gasteiger partial charge in [0.25, 0.3) is 11.6 Å². The van der Waals surface area contributed by atoms with Gasteiger partial charge in [-0.1, -0.05) is 17.7 Å². The molecule has 1 amide bonds. The van der Waals surface area contributed by atoms with Crippen molar-refractivity contribution in [2.75, 3.05) is 5.32 Å². The highest BCUT2D eigenvalue weighted by molar-refractivity contribution is 6.09. The van der Waals surface area contributed by atoms with Crippen LogP contribution in [0.2, 0.25) is 0 Å². The van der Waals surface area contributed by atoms with Crippen LogP contribution in [0.5, 0.6) is 0 Å². The van der Waals surface area contributed by atoms with Gasteiger partial charge in [0.1, 0.15) is 23.2 Å². The Kier molecular flexibility index (Phi) is 5.79. The summed E-state index contributed by atoms with van der Waals surface area (Å²) in [5.41, 5.74) is 3.88. The molecule has 0 aliphatic carbocycles. The first-order chi connectivity index (χ1) is 14.3. The monoisotopic (exact) mass is 401 g/mol. The predicted molar refractivity (Wildman–Crippen MR) is 114 cm³/mol. The number of benzene rings is 2. The molecular formula is C23H19N3O4. The van der Waals surface area contributed by atoms with Gasteiger partial charge in [-0.05, 0) is 56.2 Å². The summed E-state index contributed by atoms with van der Waals surface area (Å²) in [6, 6.07) is 15.3. The molecule has 7 nitrogen and oxygen atoms in total. The number of nitriles is 1. The Morgan fingerprint density at radius 2 is 1.87 bits per heavy atom.